The standard InChI is InChI=1S/C21H21NO2/c23-21(24)15-8-9-17-16(11-15)18-13-6-7-14(10-13)19(18)20(22-17)12-4-2-1-3-5-12/h1-5,8-9,11,13-14,18-20,22H,6-7,10H2,(H,23,24)/t13-,14-,18-,19+,20+/m0/s1. The lowest BCUT2D eigenvalue weighted by Gasteiger charge is -2.43. The Hall–Kier alpha value is -2.29. The second-order valence-corrected chi connectivity index (χ2v) is 7.58. The fraction of sp³-hybridized carbons (Fsp3) is 0.381. The van der Waals surface area contributed by atoms with E-state index in [4.69, 9.17) is 0 Å². The first kappa shape index (κ1) is 14.1. The van der Waals surface area contributed by atoms with Crippen LogP contribution in [0.3, 0.4) is 0 Å². The molecule has 2 bridgehead atoms. The van der Waals surface area contributed by atoms with Gasteiger partial charge in [0.2, 0.25) is 0 Å². The number of aromatic carboxylic acids is 1. The Labute approximate surface area is 141 Å². The van der Waals surface area contributed by atoms with Crippen molar-refractivity contribution in [2.75, 3.05) is 5.32 Å². The predicted molar refractivity (Wildman–Crippen MR) is 93.3 cm³/mol. The van der Waals surface area contributed by atoms with Crippen LogP contribution in [0.5, 0.6) is 0 Å². The maximum Gasteiger partial charge on any atom is 0.335 e. The van der Waals surface area contributed by atoms with Gasteiger partial charge in [-0.2, -0.15) is 0 Å². The zero-order valence-corrected chi connectivity index (χ0v) is 13.5. The molecule has 5 atom stereocenters. The van der Waals surface area contributed by atoms with Crippen molar-refractivity contribution in [3.63, 3.8) is 0 Å². The highest BCUT2D eigenvalue weighted by Gasteiger charge is 2.53. The van der Waals surface area contributed by atoms with Crippen LogP contribution in [0.25, 0.3) is 0 Å². The summed E-state index contributed by atoms with van der Waals surface area (Å²) in [6.07, 6.45) is 3.92. The van der Waals surface area contributed by atoms with E-state index in [9.17, 15) is 9.90 Å². The Morgan fingerprint density at radius 1 is 1.04 bits per heavy atom. The molecule has 1 heterocycles. The van der Waals surface area contributed by atoms with E-state index < -0.39 is 5.97 Å². The van der Waals surface area contributed by atoms with Gasteiger partial charge in [-0.15, -0.1) is 0 Å². The summed E-state index contributed by atoms with van der Waals surface area (Å²) in [5, 5.41) is 13.1. The number of fused-ring (bicyclic) bond motifs is 7. The number of carbonyl (C=O) groups is 1. The first-order valence-corrected chi connectivity index (χ1v) is 8.91. The second-order valence-electron chi connectivity index (χ2n) is 7.58. The quantitative estimate of drug-likeness (QED) is 0.845. The largest absolute Gasteiger partial charge is 0.478 e. The highest BCUT2D eigenvalue weighted by molar-refractivity contribution is 5.88. The Bertz CT molecular complexity index is 801. The first-order valence-electron chi connectivity index (χ1n) is 8.91. The van der Waals surface area contributed by atoms with Crippen LogP contribution in [0.4, 0.5) is 5.69 Å². The summed E-state index contributed by atoms with van der Waals surface area (Å²) < 4.78 is 0. The van der Waals surface area contributed by atoms with Crippen molar-refractivity contribution in [3.8, 4) is 0 Å². The summed E-state index contributed by atoms with van der Waals surface area (Å²) in [5.41, 5.74) is 4.13. The van der Waals surface area contributed by atoms with E-state index in [-0.39, 0.29) is 0 Å². The third kappa shape index (κ3) is 1.94. The number of anilines is 1. The summed E-state index contributed by atoms with van der Waals surface area (Å²) in [4.78, 5) is 11.4. The summed E-state index contributed by atoms with van der Waals surface area (Å²) in [6, 6.07) is 16.7. The molecule has 2 aromatic carbocycles. The van der Waals surface area contributed by atoms with E-state index in [1.54, 1.807) is 6.07 Å². The highest BCUT2D eigenvalue weighted by atomic mass is 16.4. The molecule has 3 heteroatoms. The van der Waals surface area contributed by atoms with Crippen molar-refractivity contribution in [1.29, 1.82) is 0 Å². The maximum absolute atomic E-state index is 11.4. The monoisotopic (exact) mass is 319 g/mol. The van der Waals surface area contributed by atoms with Crippen LogP contribution in [0, 0.1) is 17.8 Å². The lowest BCUT2D eigenvalue weighted by Crippen LogP contribution is -2.35. The molecule has 0 saturated heterocycles. The molecule has 0 radical (unpaired) electrons. The fourth-order valence-electron chi connectivity index (χ4n) is 5.61. The topological polar surface area (TPSA) is 49.3 Å². The van der Waals surface area contributed by atoms with Gasteiger partial charge in [0.1, 0.15) is 0 Å². The molecule has 2 saturated carbocycles. The van der Waals surface area contributed by atoms with Gasteiger partial charge in [0.05, 0.1) is 11.6 Å². The van der Waals surface area contributed by atoms with Gasteiger partial charge >= 0.3 is 5.97 Å². The van der Waals surface area contributed by atoms with Crippen molar-refractivity contribution in [3.05, 3.63) is 65.2 Å². The molecule has 122 valence electrons. The average molecular weight is 319 g/mol. The zero-order valence-electron chi connectivity index (χ0n) is 13.5. The molecular formula is C21H21NO2. The van der Waals surface area contributed by atoms with Crippen molar-refractivity contribution in [2.24, 2.45) is 17.8 Å². The van der Waals surface area contributed by atoms with Gasteiger partial charge in [-0.25, -0.2) is 4.79 Å². The fourth-order valence-corrected chi connectivity index (χ4v) is 5.61. The molecule has 2 aromatic rings. The van der Waals surface area contributed by atoms with Crippen LogP contribution in [0.15, 0.2) is 48.5 Å². The Kier molecular flexibility index (Phi) is 2.99. The minimum atomic E-state index is -0.831. The van der Waals surface area contributed by atoms with E-state index in [1.165, 1.54) is 30.4 Å². The lowest BCUT2D eigenvalue weighted by atomic mass is 9.68. The molecular weight excluding hydrogens is 298 g/mol. The van der Waals surface area contributed by atoms with Crippen molar-refractivity contribution < 1.29 is 9.90 Å². The third-order valence-electron chi connectivity index (χ3n) is 6.49. The number of carboxylic acids is 1. The molecule has 5 rings (SSSR count). The summed E-state index contributed by atoms with van der Waals surface area (Å²) in [7, 11) is 0. The lowest BCUT2D eigenvalue weighted by molar-refractivity contribution is 0.0696. The minimum absolute atomic E-state index is 0.342. The first-order chi connectivity index (χ1) is 11.7. The number of nitrogens with one attached hydrogen (secondary N) is 1. The van der Waals surface area contributed by atoms with E-state index in [2.05, 4.69) is 35.6 Å². The van der Waals surface area contributed by atoms with E-state index >= 15 is 0 Å². The third-order valence-corrected chi connectivity index (χ3v) is 6.49. The molecule has 0 aromatic heterocycles. The van der Waals surface area contributed by atoms with Gasteiger partial charge in [-0.3, -0.25) is 0 Å². The molecule has 2 N–H and O–H groups in total. The smallest absolute Gasteiger partial charge is 0.335 e. The summed E-state index contributed by atoms with van der Waals surface area (Å²) in [6.45, 7) is 0. The minimum Gasteiger partial charge on any atom is -0.478 e. The molecule has 0 spiro atoms. The maximum atomic E-state index is 11.4. The zero-order chi connectivity index (χ0) is 16.3. The van der Waals surface area contributed by atoms with E-state index in [1.807, 2.05) is 12.1 Å². The van der Waals surface area contributed by atoms with Gasteiger partial charge in [0.25, 0.3) is 0 Å². The Balaban J connectivity index is 1.64. The van der Waals surface area contributed by atoms with Crippen LogP contribution < -0.4 is 5.32 Å². The van der Waals surface area contributed by atoms with Gasteiger partial charge in [0.15, 0.2) is 0 Å². The summed E-state index contributed by atoms with van der Waals surface area (Å²) in [5.74, 6) is 1.74. The number of hydrogen-bond acceptors (Lipinski definition) is 2. The molecule has 2 fully saturated rings. The molecule has 3 aliphatic rings. The van der Waals surface area contributed by atoms with Crippen LogP contribution in [-0.4, -0.2) is 11.1 Å². The summed E-state index contributed by atoms with van der Waals surface area (Å²) >= 11 is 0. The van der Waals surface area contributed by atoms with E-state index in [0.29, 0.717) is 23.4 Å². The van der Waals surface area contributed by atoms with Crippen LogP contribution >= 0.6 is 0 Å². The number of carboxylic acid groups (broad SMARTS) is 1. The Morgan fingerprint density at radius 2 is 1.83 bits per heavy atom. The van der Waals surface area contributed by atoms with Gasteiger partial charge < -0.3 is 10.4 Å². The number of hydrogen-bond donors (Lipinski definition) is 2. The molecule has 3 nitrogen and oxygen atoms in total. The number of rotatable bonds is 2. The molecule has 1 aliphatic heterocycles. The van der Waals surface area contributed by atoms with Crippen LogP contribution in [0.2, 0.25) is 0 Å². The van der Waals surface area contributed by atoms with Crippen molar-refractivity contribution in [2.45, 2.75) is 31.2 Å². The molecule has 2 aliphatic carbocycles. The van der Waals surface area contributed by atoms with Gasteiger partial charge in [-0.1, -0.05) is 30.3 Å². The predicted octanol–water partition coefficient (Wildman–Crippen LogP) is 4.68. The SMILES string of the molecule is O=C(O)c1ccc2c(c1)[C@@H]1[C@H]3CC[C@@H](C3)[C@H]1[C@@H](c1ccccc1)N2. The second kappa shape index (κ2) is 5.10. The van der Waals surface area contributed by atoms with Gasteiger partial charge in [-0.05, 0) is 72.3 Å². The Morgan fingerprint density at radius 3 is 2.62 bits per heavy atom. The number of benzene rings is 2. The highest BCUT2D eigenvalue weighted by Crippen LogP contribution is 2.63. The molecule has 0 unspecified atom stereocenters. The average Bonchev–Trinajstić information content (AvgIpc) is 3.23. The normalized spacial score (nSPS) is 32.8. The van der Waals surface area contributed by atoms with Crippen LogP contribution in [-0.2, 0) is 0 Å². The molecule has 24 heavy (non-hydrogen) atoms. The van der Waals surface area contributed by atoms with Crippen molar-refractivity contribution >= 4 is 11.7 Å². The van der Waals surface area contributed by atoms with E-state index in [0.717, 1.165) is 17.5 Å². The van der Waals surface area contributed by atoms with Gasteiger partial charge in [0, 0.05) is 5.69 Å². The van der Waals surface area contributed by atoms with Crippen molar-refractivity contribution in [1.82, 2.24) is 0 Å². The molecule has 0 amide bonds. The van der Waals surface area contributed by atoms with Crippen LogP contribution in [0.1, 0.15) is 52.7 Å².